The highest BCUT2D eigenvalue weighted by Crippen LogP contribution is 2.36. The fourth-order valence-electron chi connectivity index (χ4n) is 2.60. The van der Waals surface area contributed by atoms with Crippen molar-refractivity contribution in [1.82, 2.24) is 5.32 Å². The second-order valence-corrected chi connectivity index (χ2v) is 8.86. The molecule has 1 fully saturated rings. The average molecular weight is 372 g/mol. The van der Waals surface area contributed by atoms with Gasteiger partial charge in [-0.1, -0.05) is 24.3 Å². The lowest BCUT2D eigenvalue weighted by Crippen LogP contribution is -2.41. The summed E-state index contributed by atoms with van der Waals surface area (Å²) in [7, 11) is -0.421. The lowest BCUT2D eigenvalue weighted by atomic mass is 9.78. The van der Waals surface area contributed by atoms with Crippen LogP contribution in [0, 0.1) is 11.3 Å². The minimum atomic E-state index is -0.664. The number of alkyl carbamates (subject to hydrolysis) is 1. The molecule has 146 valence electrons. The van der Waals surface area contributed by atoms with Crippen molar-refractivity contribution in [2.75, 3.05) is 0 Å². The van der Waals surface area contributed by atoms with E-state index in [1.807, 2.05) is 52.0 Å². The smallest absolute Gasteiger partial charge is 0.444 e. The summed E-state index contributed by atoms with van der Waals surface area (Å²) >= 11 is 0. The van der Waals surface area contributed by atoms with Gasteiger partial charge in [0.15, 0.2) is 0 Å². The maximum Gasteiger partial charge on any atom is 0.494 e. The van der Waals surface area contributed by atoms with Crippen molar-refractivity contribution in [2.24, 2.45) is 0 Å². The van der Waals surface area contributed by atoms with Crippen molar-refractivity contribution in [1.29, 1.82) is 5.26 Å². The van der Waals surface area contributed by atoms with Crippen LogP contribution < -0.4 is 10.8 Å². The Morgan fingerprint density at radius 2 is 1.70 bits per heavy atom. The summed E-state index contributed by atoms with van der Waals surface area (Å²) in [5.74, 6) is 0. The van der Waals surface area contributed by atoms with E-state index in [-0.39, 0.29) is 11.2 Å². The Morgan fingerprint density at radius 3 is 2.15 bits per heavy atom. The van der Waals surface area contributed by atoms with Crippen molar-refractivity contribution >= 4 is 18.7 Å². The molecular formula is C20H29BN2O4. The average Bonchev–Trinajstić information content (AvgIpc) is 2.73. The quantitative estimate of drug-likeness (QED) is 0.822. The van der Waals surface area contributed by atoms with Crippen LogP contribution in [-0.4, -0.2) is 36.1 Å². The van der Waals surface area contributed by atoms with E-state index in [1.165, 1.54) is 0 Å². The number of nitriles is 1. The van der Waals surface area contributed by atoms with Gasteiger partial charge in [0.05, 0.1) is 17.3 Å². The van der Waals surface area contributed by atoms with Crippen LogP contribution in [0.1, 0.15) is 54.0 Å². The third-order valence-electron chi connectivity index (χ3n) is 4.79. The molecule has 0 radical (unpaired) electrons. The summed E-state index contributed by atoms with van der Waals surface area (Å²) in [6.07, 6.45) is -0.206. The van der Waals surface area contributed by atoms with E-state index in [1.54, 1.807) is 20.8 Å². The number of carbonyl (C=O) groups excluding carboxylic acids is 1. The van der Waals surface area contributed by atoms with Gasteiger partial charge < -0.3 is 19.4 Å². The van der Waals surface area contributed by atoms with Gasteiger partial charge >= 0.3 is 13.2 Å². The predicted octanol–water partition coefficient (Wildman–Crippen LogP) is 2.95. The van der Waals surface area contributed by atoms with Gasteiger partial charge in [0.25, 0.3) is 0 Å². The first-order valence-corrected chi connectivity index (χ1v) is 9.16. The monoisotopic (exact) mass is 372 g/mol. The number of nitrogens with one attached hydrogen (secondary N) is 1. The standard InChI is InChI=1S/C20H29BN2O4/c1-18(2,3)25-17(24)23-16(13-22)12-14-8-10-15(11-9-14)21-26-19(4,5)20(6,7)27-21/h8-11,16H,12H2,1-7H3,(H,23,24). The van der Waals surface area contributed by atoms with E-state index in [0.717, 1.165) is 11.0 Å². The molecule has 1 aliphatic rings. The van der Waals surface area contributed by atoms with Gasteiger partial charge in [-0.2, -0.15) is 5.26 Å². The van der Waals surface area contributed by atoms with Crippen molar-refractivity contribution in [3.05, 3.63) is 29.8 Å². The molecule has 0 aliphatic carbocycles. The molecule has 0 saturated carbocycles. The lowest BCUT2D eigenvalue weighted by Gasteiger charge is -2.32. The molecule has 2 rings (SSSR count). The number of nitrogens with zero attached hydrogens (tertiary/aromatic N) is 1. The second kappa shape index (κ2) is 7.53. The molecule has 1 unspecified atom stereocenters. The zero-order valence-corrected chi connectivity index (χ0v) is 17.3. The van der Waals surface area contributed by atoms with E-state index < -0.39 is 24.9 Å². The van der Waals surface area contributed by atoms with Crippen molar-refractivity contribution < 1.29 is 18.8 Å². The molecule has 0 spiro atoms. The topological polar surface area (TPSA) is 80.6 Å². The van der Waals surface area contributed by atoms with Crippen LogP contribution in [0.25, 0.3) is 0 Å². The van der Waals surface area contributed by atoms with E-state index in [0.29, 0.717) is 6.42 Å². The SMILES string of the molecule is CC(C)(C)OC(=O)NC(C#N)Cc1ccc(B2OC(C)(C)C(C)(C)O2)cc1. The molecule has 1 aromatic rings. The van der Waals surface area contributed by atoms with Crippen LogP contribution in [0.15, 0.2) is 24.3 Å². The molecule has 7 heteroatoms. The summed E-state index contributed by atoms with van der Waals surface area (Å²) in [6.45, 7) is 13.4. The Bertz CT molecular complexity index is 701. The third kappa shape index (κ3) is 5.47. The predicted molar refractivity (Wildman–Crippen MR) is 105 cm³/mol. The molecule has 1 N–H and O–H groups in total. The number of amides is 1. The van der Waals surface area contributed by atoms with E-state index in [4.69, 9.17) is 14.0 Å². The van der Waals surface area contributed by atoms with E-state index >= 15 is 0 Å². The first kappa shape index (κ1) is 21.3. The van der Waals surface area contributed by atoms with Crippen LogP contribution in [-0.2, 0) is 20.5 Å². The fourth-order valence-corrected chi connectivity index (χ4v) is 2.60. The Labute approximate surface area is 162 Å². The maximum absolute atomic E-state index is 11.9. The summed E-state index contributed by atoms with van der Waals surface area (Å²) in [4.78, 5) is 11.9. The molecule has 1 heterocycles. The van der Waals surface area contributed by atoms with Gasteiger partial charge in [0.2, 0.25) is 0 Å². The zero-order valence-electron chi connectivity index (χ0n) is 17.3. The zero-order chi connectivity index (χ0) is 20.5. The number of hydrogen-bond donors (Lipinski definition) is 1. The summed E-state index contributed by atoms with van der Waals surface area (Å²) in [6, 6.07) is 9.13. The summed E-state index contributed by atoms with van der Waals surface area (Å²) in [5.41, 5.74) is 0.470. The molecular weight excluding hydrogens is 343 g/mol. The number of carbonyl (C=O) groups is 1. The number of benzene rings is 1. The third-order valence-corrected chi connectivity index (χ3v) is 4.79. The van der Waals surface area contributed by atoms with Crippen LogP contribution in [0.5, 0.6) is 0 Å². The molecule has 1 saturated heterocycles. The number of rotatable bonds is 4. The Kier molecular flexibility index (Phi) is 5.93. The maximum atomic E-state index is 11.9. The van der Waals surface area contributed by atoms with Gasteiger partial charge in [-0.05, 0) is 59.5 Å². The first-order chi connectivity index (χ1) is 12.3. The van der Waals surface area contributed by atoms with Gasteiger partial charge in [0, 0.05) is 6.42 Å². The normalized spacial score (nSPS) is 19.3. The molecule has 1 atom stereocenters. The Balaban J connectivity index is 1.99. The molecule has 27 heavy (non-hydrogen) atoms. The fraction of sp³-hybridized carbons (Fsp3) is 0.600. The van der Waals surface area contributed by atoms with Crippen LogP contribution >= 0.6 is 0 Å². The van der Waals surface area contributed by atoms with E-state index in [9.17, 15) is 10.1 Å². The molecule has 0 aromatic heterocycles. The molecule has 1 amide bonds. The van der Waals surface area contributed by atoms with E-state index in [2.05, 4.69) is 11.4 Å². The van der Waals surface area contributed by atoms with Crippen LogP contribution in [0.2, 0.25) is 0 Å². The van der Waals surface area contributed by atoms with Gasteiger partial charge in [-0.15, -0.1) is 0 Å². The van der Waals surface area contributed by atoms with Crippen LogP contribution in [0.3, 0.4) is 0 Å². The minimum absolute atomic E-state index is 0.388. The highest BCUT2D eigenvalue weighted by atomic mass is 16.7. The summed E-state index contributed by atoms with van der Waals surface area (Å²) < 4.78 is 17.3. The highest BCUT2D eigenvalue weighted by Gasteiger charge is 2.51. The number of hydrogen-bond acceptors (Lipinski definition) is 5. The molecule has 1 aliphatic heterocycles. The van der Waals surface area contributed by atoms with Crippen molar-refractivity contribution in [3.8, 4) is 6.07 Å². The van der Waals surface area contributed by atoms with Gasteiger partial charge in [-0.3, -0.25) is 0 Å². The first-order valence-electron chi connectivity index (χ1n) is 9.16. The van der Waals surface area contributed by atoms with Crippen molar-refractivity contribution in [3.63, 3.8) is 0 Å². The molecule has 0 bridgehead atoms. The second-order valence-electron chi connectivity index (χ2n) is 8.86. The van der Waals surface area contributed by atoms with Gasteiger partial charge in [-0.25, -0.2) is 4.79 Å². The Morgan fingerprint density at radius 1 is 1.19 bits per heavy atom. The van der Waals surface area contributed by atoms with Crippen LogP contribution in [0.4, 0.5) is 4.79 Å². The molecule has 1 aromatic carbocycles. The lowest BCUT2D eigenvalue weighted by molar-refractivity contribution is 0.00578. The minimum Gasteiger partial charge on any atom is -0.444 e. The summed E-state index contributed by atoms with van der Waals surface area (Å²) in [5, 5.41) is 11.9. The highest BCUT2D eigenvalue weighted by molar-refractivity contribution is 6.62. The Hall–Kier alpha value is -2.04. The molecule has 6 nitrogen and oxygen atoms in total. The van der Waals surface area contributed by atoms with Crippen molar-refractivity contribution in [2.45, 2.75) is 77.7 Å². The van der Waals surface area contributed by atoms with Gasteiger partial charge in [0.1, 0.15) is 11.6 Å². The number of ether oxygens (including phenoxy) is 1. The largest absolute Gasteiger partial charge is 0.494 e.